The van der Waals surface area contributed by atoms with E-state index in [1.807, 2.05) is 0 Å². The summed E-state index contributed by atoms with van der Waals surface area (Å²) in [5, 5.41) is 3.45. The topological polar surface area (TPSA) is 54.5 Å². The van der Waals surface area contributed by atoms with Gasteiger partial charge < -0.3 is 10.1 Å². The van der Waals surface area contributed by atoms with Gasteiger partial charge in [-0.25, -0.2) is 4.98 Å². The standard InChI is InChI=1S/C20H24F3N3O2S/c1-14-17(18(27)24-8-2-3-9-26-10-12-28-13-11-26)29-19(25-14)15-4-6-16(7-5-15)20(21,22)23/h4-7H,2-3,8-13H2,1H3,(H,24,27). The van der Waals surface area contributed by atoms with Gasteiger partial charge in [-0.3, -0.25) is 9.69 Å². The van der Waals surface area contributed by atoms with Crippen LogP contribution >= 0.6 is 11.3 Å². The molecule has 158 valence electrons. The number of unbranched alkanes of at least 4 members (excludes halogenated alkanes) is 1. The number of benzene rings is 1. The molecule has 1 aliphatic rings. The van der Waals surface area contributed by atoms with Crippen LogP contribution in [0.1, 0.15) is 33.8 Å². The number of hydrogen-bond donors (Lipinski definition) is 1. The Balaban J connectivity index is 1.50. The van der Waals surface area contributed by atoms with Gasteiger partial charge in [-0.1, -0.05) is 12.1 Å². The molecule has 1 amide bonds. The highest BCUT2D eigenvalue weighted by atomic mass is 32.1. The van der Waals surface area contributed by atoms with Gasteiger partial charge in [-0.05, 0) is 38.4 Å². The second-order valence-corrected chi connectivity index (χ2v) is 7.92. The third-order valence-electron chi connectivity index (χ3n) is 4.75. The van der Waals surface area contributed by atoms with Gasteiger partial charge in [0.05, 0.1) is 24.5 Å². The van der Waals surface area contributed by atoms with Crippen LogP contribution < -0.4 is 5.32 Å². The molecule has 0 radical (unpaired) electrons. The lowest BCUT2D eigenvalue weighted by Crippen LogP contribution is -2.37. The van der Waals surface area contributed by atoms with Crippen molar-refractivity contribution >= 4 is 17.2 Å². The van der Waals surface area contributed by atoms with Crippen LogP contribution in [0.4, 0.5) is 13.2 Å². The number of carbonyl (C=O) groups excluding carboxylic acids is 1. The van der Waals surface area contributed by atoms with Crippen LogP contribution in [-0.2, 0) is 10.9 Å². The summed E-state index contributed by atoms with van der Waals surface area (Å²) in [5.74, 6) is -0.190. The van der Waals surface area contributed by atoms with Crippen LogP contribution in [-0.4, -0.2) is 55.2 Å². The molecule has 0 atom stereocenters. The van der Waals surface area contributed by atoms with Gasteiger partial charge >= 0.3 is 6.18 Å². The molecule has 9 heteroatoms. The Morgan fingerprint density at radius 3 is 2.55 bits per heavy atom. The number of aromatic nitrogens is 1. The predicted molar refractivity (Wildman–Crippen MR) is 106 cm³/mol. The summed E-state index contributed by atoms with van der Waals surface area (Å²) < 4.78 is 43.4. The van der Waals surface area contributed by atoms with Crippen molar-refractivity contribution in [2.75, 3.05) is 39.4 Å². The van der Waals surface area contributed by atoms with Crippen molar-refractivity contribution < 1.29 is 22.7 Å². The second-order valence-electron chi connectivity index (χ2n) is 6.93. The number of hydrogen-bond acceptors (Lipinski definition) is 5. The molecule has 2 heterocycles. The Kier molecular flexibility index (Phi) is 7.26. The van der Waals surface area contributed by atoms with E-state index in [9.17, 15) is 18.0 Å². The normalized spacial score (nSPS) is 15.4. The number of amides is 1. The first-order valence-electron chi connectivity index (χ1n) is 9.58. The molecular weight excluding hydrogens is 403 g/mol. The van der Waals surface area contributed by atoms with E-state index in [2.05, 4.69) is 15.2 Å². The number of nitrogens with one attached hydrogen (secondary N) is 1. The van der Waals surface area contributed by atoms with E-state index in [1.54, 1.807) is 6.92 Å². The first-order valence-corrected chi connectivity index (χ1v) is 10.4. The first-order chi connectivity index (χ1) is 13.8. The van der Waals surface area contributed by atoms with Gasteiger partial charge in [-0.15, -0.1) is 11.3 Å². The number of alkyl halides is 3. The number of thiazole rings is 1. The zero-order valence-electron chi connectivity index (χ0n) is 16.2. The molecule has 0 bridgehead atoms. The minimum absolute atomic E-state index is 0.190. The lowest BCUT2D eigenvalue weighted by molar-refractivity contribution is -0.137. The summed E-state index contributed by atoms with van der Waals surface area (Å²) in [5.41, 5.74) is 0.441. The molecule has 0 aliphatic carbocycles. The molecule has 3 rings (SSSR count). The van der Waals surface area contributed by atoms with Crippen LogP contribution in [0, 0.1) is 6.92 Å². The second kappa shape index (κ2) is 9.69. The Labute approximate surface area is 171 Å². The van der Waals surface area contributed by atoms with Gasteiger partial charge in [0, 0.05) is 25.2 Å². The lowest BCUT2D eigenvalue weighted by Gasteiger charge is -2.26. The van der Waals surface area contributed by atoms with Crippen LogP contribution in [0.3, 0.4) is 0 Å². The molecule has 2 aromatic rings. The molecule has 1 N–H and O–H groups in total. The smallest absolute Gasteiger partial charge is 0.379 e. The zero-order valence-corrected chi connectivity index (χ0v) is 17.0. The average Bonchev–Trinajstić information content (AvgIpc) is 3.09. The maximum Gasteiger partial charge on any atom is 0.416 e. The van der Waals surface area contributed by atoms with Crippen molar-refractivity contribution in [2.24, 2.45) is 0 Å². The number of carbonyl (C=O) groups is 1. The quantitative estimate of drug-likeness (QED) is 0.680. The molecule has 1 aromatic carbocycles. The van der Waals surface area contributed by atoms with E-state index < -0.39 is 11.7 Å². The number of ether oxygens (including phenoxy) is 1. The van der Waals surface area contributed by atoms with Gasteiger partial charge in [0.2, 0.25) is 0 Å². The molecule has 5 nitrogen and oxygen atoms in total. The molecule has 29 heavy (non-hydrogen) atoms. The molecule has 1 fully saturated rings. The van der Waals surface area contributed by atoms with E-state index in [4.69, 9.17) is 4.74 Å². The first kappa shape index (κ1) is 21.7. The fourth-order valence-corrected chi connectivity index (χ4v) is 4.09. The average molecular weight is 427 g/mol. The predicted octanol–water partition coefficient (Wildman–Crippen LogP) is 3.98. The van der Waals surface area contributed by atoms with Gasteiger partial charge in [-0.2, -0.15) is 13.2 Å². The summed E-state index contributed by atoms with van der Waals surface area (Å²) in [6.07, 6.45) is -2.49. The van der Waals surface area contributed by atoms with Crippen molar-refractivity contribution in [3.05, 3.63) is 40.4 Å². The fraction of sp³-hybridized carbons (Fsp3) is 0.500. The summed E-state index contributed by atoms with van der Waals surface area (Å²) in [6.45, 7) is 6.79. The molecule has 1 saturated heterocycles. The summed E-state index contributed by atoms with van der Waals surface area (Å²) in [6, 6.07) is 4.82. The zero-order chi connectivity index (χ0) is 20.9. The molecule has 0 unspecified atom stereocenters. The number of nitrogens with zero attached hydrogens (tertiary/aromatic N) is 2. The molecular formula is C20H24F3N3O2S. The van der Waals surface area contributed by atoms with Gasteiger partial charge in [0.25, 0.3) is 5.91 Å². The Bertz CT molecular complexity index is 815. The van der Waals surface area contributed by atoms with E-state index in [1.165, 1.54) is 23.5 Å². The fourth-order valence-electron chi connectivity index (χ4n) is 3.10. The molecule has 1 aromatic heterocycles. The van der Waals surface area contributed by atoms with Gasteiger partial charge in [0.15, 0.2) is 0 Å². The summed E-state index contributed by atoms with van der Waals surface area (Å²) >= 11 is 1.19. The minimum atomic E-state index is -4.37. The largest absolute Gasteiger partial charge is 0.416 e. The number of rotatable bonds is 7. The van der Waals surface area contributed by atoms with Crippen LogP contribution in [0.15, 0.2) is 24.3 Å². The number of morpholine rings is 1. The number of halogens is 3. The van der Waals surface area contributed by atoms with E-state index in [-0.39, 0.29) is 5.91 Å². The van der Waals surface area contributed by atoms with Gasteiger partial charge in [0.1, 0.15) is 9.88 Å². The van der Waals surface area contributed by atoms with Crippen molar-refractivity contribution in [3.63, 3.8) is 0 Å². The van der Waals surface area contributed by atoms with Crippen LogP contribution in [0.5, 0.6) is 0 Å². The van der Waals surface area contributed by atoms with Crippen molar-refractivity contribution in [1.29, 1.82) is 0 Å². The monoisotopic (exact) mass is 427 g/mol. The third-order valence-corrected chi connectivity index (χ3v) is 5.96. The van der Waals surface area contributed by atoms with E-state index in [0.717, 1.165) is 57.8 Å². The van der Waals surface area contributed by atoms with Crippen molar-refractivity contribution in [3.8, 4) is 10.6 Å². The number of aryl methyl sites for hydroxylation is 1. The van der Waals surface area contributed by atoms with Crippen LogP contribution in [0.25, 0.3) is 10.6 Å². The maximum atomic E-state index is 12.7. The Morgan fingerprint density at radius 1 is 1.21 bits per heavy atom. The van der Waals surface area contributed by atoms with Crippen LogP contribution in [0.2, 0.25) is 0 Å². The molecule has 0 spiro atoms. The van der Waals surface area contributed by atoms with Crippen molar-refractivity contribution in [2.45, 2.75) is 25.9 Å². The summed E-state index contributed by atoms with van der Waals surface area (Å²) in [4.78, 5) is 19.7. The Morgan fingerprint density at radius 2 is 1.90 bits per heavy atom. The lowest BCUT2D eigenvalue weighted by atomic mass is 10.1. The summed E-state index contributed by atoms with van der Waals surface area (Å²) in [7, 11) is 0. The maximum absolute atomic E-state index is 12.7. The van der Waals surface area contributed by atoms with Crippen molar-refractivity contribution in [1.82, 2.24) is 15.2 Å². The molecule has 1 aliphatic heterocycles. The minimum Gasteiger partial charge on any atom is -0.379 e. The highest BCUT2D eigenvalue weighted by Gasteiger charge is 2.30. The Hall–Kier alpha value is -1.97. The SMILES string of the molecule is Cc1nc(-c2ccc(C(F)(F)F)cc2)sc1C(=O)NCCCCN1CCOCC1. The van der Waals surface area contributed by atoms with E-state index >= 15 is 0 Å². The molecule has 0 saturated carbocycles. The highest BCUT2D eigenvalue weighted by Crippen LogP contribution is 2.32. The third kappa shape index (κ3) is 6.01. The highest BCUT2D eigenvalue weighted by molar-refractivity contribution is 7.17. The van der Waals surface area contributed by atoms with E-state index in [0.29, 0.717) is 27.7 Å².